The summed E-state index contributed by atoms with van der Waals surface area (Å²) < 4.78 is 10.7. The Bertz CT molecular complexity index is 140. The molecule has 0 amide bonds. The van der Waals surface area contributed by atoms with Crippen LogP contribution in [0.5, 0.6) is 0 Å². The molecule has 1 saturated heterocycles. The third-order valence-electron chi connectivity index (χ3n) is 2.53. The standard InChI is InChI=1S/C9H17ClO3/c1-12-7-9(8(11)6-10)4-2-3-5-13-9/h8,11H,2-7H2,1H3. The molecular weight excluding hydrogens is 192 g/mol. The molecular formula is C9H17ClO3. The van der Waals surface area contributed by atoms with E-state index in [0.717, 1.165) is 19.3 Å². The van der Waals surface area contributed by atoms with Crippen LogP contribution < -0.4 is 0 Å². The second kappa shape index (κ2) is 5.15. The lowest BCUT2D eigenvalue weighted by Gasteiger charge is -2.39. The molecule has 1 heterocycles. The van der Waals surface area contributed by atoms with E-state index in [1.807, 2.05) is 0 Å². The molecule has 1 rings (SSSR count). The number of rotatable bonds is 4. The second-order valence-electron chi connectivity index (χ2n) is 3.47. The first kappa shape index (κ1) is 11.2. The van der Waals surface area contributed by atoms with Crippen LogP contribution in [0.3, 0.4) is 0 Å². The predicted molar refractivity (Wildman–Crippen MR) is 51.1 cm³/mol. The molecule has 0 aromatic carbocycles. The van der Waals surface area contributed by atoms with Crippen molar-refractivity contribution in [1.29, 1.82) is 0 Å². The van der Waals surface area contributed by atoms with E-state index in [2.05, 4.69) is 0 Å². The summed E-state index contributed by atoms with van der Waals surface area (Å²) in [4.78, 5) is 0. The molecule has 0 aromatic heterocycles. The van der Waals surface area contributed by atoms with Gasteiger partial charge in [0.25, 0.3) is 0 Å². The Morgan fingerprint density at radius 2 is 2.38 bits per heavy atom. The molecule has 13 heavy (non-hydrogen) atoms. The first-order valence-corrected chi connectivity index (χ1v) is 5.15. The highest BCUT2D eigenvalue weighted by Crippen LogP contribution is 2.29. The summed E-state index contributed by atoms with van der Waals surface area (Å²) in [6, 6.07) is 0. The summed E-state index contributed by atoms with van der Waals surface area (Å²) in [5.74, 6) is 0.198. The molecule has 0 spiro atoms. The van der Waals surface area contributed by atoms with E-state index < -0.39 is 11.7 Å². The van der Waals surface area contributed by atoms with Crippen molar-refractivity contribution in [2.45, 2.75) is 31.0 Å². The van der Waals surface area contributed by atoms with Crippen LogP contribution in [0.25, 0.3) is 0 Å². The van der Waals surface area contributed by atoms with E-state index in [4.69, 9.17) is 21.1 Å². The minimum atomic E-state index is -0.630. The van der Waals surface area contributed by atoms with Crippen LogP contribution in [0.1, 0.15) is 19.3 Å². The van der Waals surface area contributed by atoms with E-state index in [1.54, 1.807) is 7.11 Å². The zero-order valence-corrected chi connectivity index (χ0v) is 8.72. The molecule has 2 atom stereocenters. The van der Waals surface area contributed by atoms with Gasteiger partial charge in [-0.3, -0.25) is 0 Å². The molecule has 1 aliphatic rings. The molecule has 1 aliphatic heterocycles. The molecule has 1 fully saturated rings. The maximum absolute atomic E-state index is 9.73. The topological polar surface area (TPSA) is 38.7 Å². The van der Waals surface area contributed by atoms with Gasteiger partial charge >= 0.3 is 0 Å². The quantitative estimate of drug-likeness (QED) is 0.705. The van der Waals surface area contributed by atoms with Crippen LogP contribution in [-0.2, 0) is 9.47 Å². The number of aliphatic hydroxyl groups is 1. The van der Waals surface area contributed by atoms with Gasteiger partial charge in [0.2, 0.25) is 0 Å². The molecule has 3 nitrogen and oxygen atoms in total. The zero-order valence-electron chi connectivity index (χ0n) is 7.96. The summed E-state index contributed by atoms with van der Waals surface area (Å²) in [5, 5.41) is 9.73. The monoisotopic (exact) mass is 208 g/mol. The Morgan fingerprint density at radius 3 is 2.85 bits per heavy atom. The number of ether oxygens (including phenoxy) is 2. The average molecular weight is 209 g/mol. The first-order chi connectivity index (χ1) is 6.25. The first-order valence-electron chi connectivity index (χ1n) is 4.62. The lowest BCUT2D eigenvalue weighted by atomic mass is 9.89. The minimum Gasteiger partial charge on any atom is -0.389 e. The molecule has 2 unspecified atom stereocenters. The Morgan fingerprint density at radius 1 is 1.62 bits per heavy atom. The largest absolute Gasteiger partial charge is 0.389 e. The highest BCUT2D eigenvalue weighted by Gasteiger charge is 2.40. The third-order valence-corrected chi connectivity index (χ3v) is 2.82. The Balaban J connectivity index is 2.60. The van der Waals surface area contributed by atoms with E-state index in [-0.39, 0.29) is 5.88 Å². The molecule has 0 aromatic rings. The third kappa shape index (κ3) is 2.56. The molecule has 0 aliphatic carbocycles. The SMILES string of the molecule is COCC1(C(O)CCl)CCCCO1. The summed E-state index contributed by atoms with van der Waals surface area (Å²) in [6.45, 7) is 1.11. The van der Waals surface area contributed by atoms with Crippen LogP contribution in [0.2, 0.25) is 0 Å². The predicted octanol–water partition coefficient (Wildman–Crippen LogP) is 1.17. The number of methoxy groups -OCH3 is 1. The Hall–Kier alpha value is 0.170. The van der Waals surface area contributed by atoms with Gasteiger partial charge in [-0.1, -0.05) is 0 Å². The van der Waals surface area contributed by atoms with Crippen molar-refractivity contribution >= 4 is 11.6 Å². The second-order valence-corrected chi connectivity index (χ2v) is 3.78. The van der Waals surface area contributed by atoms with E-state index in [1.165, 1.54) is 0 Å². The van der Waals surface area contributed by atoms with Crippen molar-refractivity contribution in [3.8, 4) is 0 Å². The highest BCUT2D eigenvalue weighted by atomic mass is 35.5. The zero-order chi connectivity index (χ0) is 9.73. The molecule has 4 heteroatoms. The molecule has 0 saturated carbocycles. The maximum Gasteiger partial charge on any atom is 0.118 e. The fourth-order valence-electron chi connectivity index (χ4n) is 1.73. The van der Waals surface area contributed by atoms with Crippen LogP contribution >= 0.6 is 11.6 Å². The van der Waals surface area contributed by atoms with Crippen LogP contribution in [0.4, 0.5) is 0 Å². The van der Waals surface area contributed by atoms with Crippen LogP contribution in [0.15, 0.2) is 0 Å². The number of hydrogen-bond acceptors (Lipinski definition) is 3. The smallest absolute Gasteiger partial charge is 0.118 e. The summed E-state index contributed by atoms with van der Waals surface area (Å²) in [6.07, 6.45) is 2.32. The van der Waals surface area contributed by atoms with Gasteiger partial charge < -0.3 is 14.6 Å². The number of halogens is 1. The van der Waals surface area contributed by atoms with Crippen LogP contribution in [-0.4, -0.2) is 43.0 Å². The van der Waals surface area contributed by atoms with E-state index in [0.29, 0.717) is 13.2 Å². The van der Waals surface area contributed by atoms with Crippen molar-refractivity contribution in [3.63, 3.8) is 0 Å². The lowest BCUT2D eigenvalue weighted by molar-refractivity contribution is -0.167. The van der Waals surface area contributed by atoms with Gasteiger partial charge in [0.05, 0.1) is 18.6 Å². The van der Waals surface area contributed by atoms with Gasteiger partial charge in [0, 0.05) is 13.7 Å². The summed E-state index contributed by atoms with van der Waals surface area (Å²) in [5.41, 5.74) is -0.561. The number of aliphatic hydroxyl groups excluding tert-OH is 1. The lowest BCUT2D eigenvalue weighted by Crippen LogP contribution is -2.51. The van der Waals surface area contributed by atoms with Gasteiger partial charge in [-0.15, -0.1) is 11.6 Å². The molecule has 0 bridgehead atoms. The number of alkyl halides is 1. The average Bonchev–Trinajstić information content (AvgIpc) is 2.18. The number of hydrogen-bond donors (Lipinski definition) is 1. The van der Waals surface area contributed by atoms with Crippen molar-refractivity contribution in [2.75, 3.05) is 26.2 Å². The summed E-state index contributed by atoms with van der Waals surface area (Å²) in [7, 11) is 1.61. The fraction of sp³-hybridized carbons (Fsp3) is 1.00. The Labute approximate surface area is 84.0 Å². The van der Waals surface area contributed by atoms with Gasteiger partial charge in [-0.2, -0.15) is 0 Å². The van der Waals surface area contributed by atoms with Crippen molar-refractivity contribution in [1.82, 2.24) is 0 Å². The fourth-order valence-corrected chi connectivity index (χ4v) is 2.01. The maximum atomic E-state index is 9.73. The molecule has 1 N–H and O–H groups in total. The Kier molecular flexibility index (Phi) is 4.46. The van der Waals surface area contributed by atoms with E-state index >= 15 is 0 Å². The van der Waals surface area contributed by atoms with Crippen molar-refractivity contribution in [2.24, 2.45) is 0 Å². The van der Waals surface area contributed by atoms with Crippen molar-refractivity contribution < 1.29 is 14.6 Å². The minimum absolute atomic E-state index is 0.198. The van der Waals surface area contributed by atoms with Crippen LogP contribution in [0, 0.1) is 0 Å². The van der Waals surface area contributed by atoms with Gasteiger partial charge in [0.1, 0.15) is 5.60 Å². The summed E-state index contributed by atoms with van der Waals surface area (Å²) >= 11 is 5.63. The molecule has 78 valence electrons. The van der Waals surface area contributed by atoms with Gasteiger partial charge in [-0.25, -0.2) is 0 Å². The van der Waals surface area contributed by atoms with Crippen molar-refractivity contribution in [3.05, 3.63) is 0 Å². The van der Waals surface area contributed by atoms with Gasteiger partial charge in [0.15, 0.2) is 0 Å². The highest BCUT2D eigenvalue weighted by molar-refractivity contribution is 6.18. The van der Waals surface area contributed by atoms with E-state index in [9.17, 15) is 5.11 Å². The molecule has 0 radical (unpaired) electrons. The van der Waals surface area contributed by atoms with Gasteiger partial charge in [-0.05, 0) is 19.3 Å². The normalized spacial score (nSPS) is 31.6.